The molecular weight excluding hydrogens is 743 g/mol. The van der Waals surface area contributed by atoms with E-state index in [1.807, 2.05) is 123 Å². The van der Waals surface area contributed by atoms with E-state index in [4.69, 9.17) is 22.9 Å². The highest BCUT2D eigenvalue weighted by Crippen LogP contribution is 2.35. The molecule has 0 aliphatic rings. The lowest BCUT2D eigenvalue weighted by molar-refractivity contribution is -0.632. The number of nitrogens with zero attached hydrogens (tertiary/aromatic N) is 2. The van der Waals surface area contributed by atoms with Gasteiger partial charge in [0, 0.05) is 81.0 Å². The molecule has 10 N–H and O–H groups in total. The minimum Gasteiger partial charge on any atom is -1.00 e. The van der Waals surface area contributed by atoms with Gasteiger partial charge in [-0.3, -0.25) is 9.59 Å². The fourth-order valence-corrected chi connectivity index (χ4v) is 7.57. The summed E-state index contributed by atoms with van der Waals surface area (Å²) in [6.07, 6.45) is 0. The van der Waals surface area contributed by atoms with E-state index in [1.165, 1.54) is 0 Å². The van der Waals surface area contributed by atoms with Crippen LogP contribution in [-0.4, -0.2) is 24.9 Å². The number of nitrogens with one attached hydrogen (secondary N) is 2. The number of pyridine rings is 2. The second-order valence-corrected chi connectivity index (χ2v) is 13.7. The Morgan fingerprint density at radius 3 is 1.21 bits per heavy atom. The minimum absolute atomic E-state index is 0. The summed E-state index contributed by atoms with van der Waals surface area (Å²) in [7, 11) is 3.97. The van der Waals surface area contributed by atoms with E-state index in [0.717, 1.165) is 65.9 Å². The molecule has 0 aliphatic heterocycles. The zero-order valence-electron chi connectivity index (χ0n) is 30.7. The number of benzene rings is 6. The first-order valence-electron chi connectivity index (χ1n) is 17.7. The molecule has 10 nitrogen and oxygen atoms in total. The first-order valence-corrected chi connectivity index (χ1v) is 17.7. The maximum absolute atomic E-state index is 13.4. The van der Waals surface area contributed by atoms with Crippen molar-refractivity contribution in [3.05, 3.63) is 132 Å². The number of fused-ring (bicyclic) bond motifs is 6. The largest absolute Gasteiger partial charge is 1.00 e. The van der Waals surface area contributed by atoms with Crippen LogP contribution in [0.1, 0.15) is 20.7 Å². The molecule has 8 rings (SSSR count). The van der Waals surface area contributed by atoms with E-state index in [-0.39, 0.29) is 49.7 Å². The summed E-state index contributed by atoms with van der Waals surface area (Å²) in [6, 6.07) is 38.4. The predicted octanol–water partition coefficient (Wildman–Crippen LogP) is -0.221. The van der Waals surface area contributed by atoms with Crippen LogP contribution in [-0.2, 0) is 14.1 Å². The molecule has 0 saturated carbocycles. The van der Waals surface area contributed by atoms with Gasteiger partial charge < -0.3 is 58.4 Å². The molecular formula is C44H40Cl2N8O2. The number of nitrogens with two attached hydrogens (primary N) is 4. The number of hydrogen-bond acceptors (Lipinski definition) is 6. The van der Waals surface area contributed by atoms with Crippen molar-refractivity contribution in [1.29, 1.82) is 0 Å². The summed E-state index contributed by atoms with van der Waals surface area (Å²) < 4.78 is 4.17. The van der Waals surface area contributed by atoms with Gasteiger partial charge in [0.2, 0.25) is 22.4 Å². The van der Waals surface area contributed by atoms with E-state index in [9.17, 15) is 9.59 Å². The van der Waals surface area contributed by atoms with Crippen LogP contribution >= 0.6 is 0 Å². The smallest absolute Gasteiger partial charge is 0.251 e. The van der Waals surface area contributed by atoms with Gasteiger partial charge in [0.25, 0.3) is 11.8 Å². The number of aryl methyl sites for hydroxylation is 2. The zero-order chi connectivity index (χ0) is 37.7. The fourth-order valence-electron chi connectivity index (χ4n) is 7.57. The monoisotopic (exact) mass is 782 g/mol. The Bertz CT molecular complexity index is 2670. The lowest BCUT2D eigenvalue weighted by Crippen LogP contribution is -3.00. The first-order chi connectivity index (χ1) is 26.1. The average Bonchev–Trinajstić information content (AvgIpc) is 3.17. The summed E-state index contributed by atoms with van der Waals surface area (Å²) in [5.74, 6) is -0.500. The third-order valence-corrected chi connectivity index (χ3v) is 10.1. The van der Waals surface area contributed by atoms with Crippen LogP contribution in [0.2, 0.25) is 0 Å². The topological polar surface area (TPSA) is 170 Å². The summed E-state index contributed by atoms with van der Waals surface area (Å²) in [5, 5.41) is 12.0. The Morgan fingerprint density at radius 1 is 0.464 bits per heavy atom. The molecule has 2 heterocycles. The summed E-state index contributed by atoms with van der Waals surface area (Å²) in [4.78, 5) is 26.8. The number of carbonyl (C=O) groups excluding carboxylic acids is 2. The molecule has 0 aliphatic carbocycles. The number of halogens is 2. The Labute approximate surface area is 335 Å². The number of nitrogen functional groups attached to an aromatic ring is 4. The molecule has 0 bridgehead atoms. The molecule has 2 aromatic heterocycles. The number of amides is 2. The molecule has 0 atom stereocenters. The molecule has 6 aromatic carbocycles. The van der Waals surface area contributed by atoms with Gasteiger partial charge in [0.15, 0.2) is 0 Å². The lowest BCUT2D eigenvalue weighted by atomic mass is 9.97. The number of anilines is 4. The molecule has 0 fully saturated rings. The molecule has 282 valence electrons. The quantitative estimate of drug-likeness (QED) is 0.0566. The van der Waals surface area contributed by atoms with Crippen molar-refractivity contribution in [2.75, 3.05) is 36.0 Å². The van der Waals surface area contributed by atoms with Gasteiger partial charge in [0.1, 0.15) is 14.1 Å². The molecule has 2 amide bonds. The number of carbonyl (C=O) groups is 2. The van der Waals surface area contributed by atoms with Crippen LogP contribution in [0, 0.1) is 0 Å². The normalized spacial score (nSPS) is 11.0. The fraction of sp³-hybridized carbons (Fsp3) is 0.0909. The average molecular weight is 784 g/mol. The molecule has 0 saturated heterocycles. The van der Waals surface area contributed by atoms with Crippen molar-refractivity contribution >= 4 is 77.9 Å². The highest BCUT2D eigenvalue weighted by Gasteiger charge is 2.24. The molecule has 0 radical (unpaired) electrons. The van der Waals surface area contributed by atoms with E-state index >= 15 is 0 Å². The molecule has 0 unspecified atom stereocenters. The number of hydrogen-bond donors (Lipinski definition) is 6. The van der Waals surface area contributed by atoms with Gasteiger partial charge >= 0.3 is 0 Å². The minimum atomic E-state index is -0.250. The van der Waals surface area contributed by atoms with E-state index < -0.39 is 0 Å². The summed E-state index contributed by atoms with van der Waals surface area (Å²) in [6.45, 7) is 0.476. The van der Waals surface area contributed by atoms with Crippen molar-refractivity contribution in [2.24, 2.45) is 14.1 Å². The zero-order valence-corrected chi connectivity index (χ0v) is 32.2. The second kappa shape index (κ2) is 15.6. The van der Waals surface area contributed by atoms with Gasteiger partial charge in [-0.05, 0) is 84.9 Å². The molecule has 8 aromatic rings. The third-order valence-electron chi connectivity index (χ3n) is 10.1. The van der Waals surface area contributed by atoms with Crippen molar-refractivity contribution in [2.45, 2.75) is 0 Å². The highest BCUT2D eigenvalue weighted by atomic mass is 35.5. The van der Waals surface area contributed by atoms with Crippen molar-refractivity contribution < 1.29 is 43.5 Å². The third kappa shape index (κ3) is 7.03. The van der Waals surface area contributed by atoms with Crippen molar-refractivity contribution in [3.8, 4) is 22.5 Å². The summed E-state index contributed by atoms with van der Waals surface area (Å²) in [5.41, 5.74) is 33.9. The molecule has 0 spiro atoms. The van der Waals surface area contributed by atoms with E-state index in [2.05, 4.69) is 19.8 Å². The molecule has 12 heteroatoms. The Kier molecular flexibility index (Phi) is 10.9. The second-order valence-electron chi connectivity index (χ2n) is 13.7. The first kappa shape index (κ1) is 39.1. The van der Waals surface area contributed by atoms with Gasteiger partial charge in [0.05, 0.1) is 21.5 Å². The van der Waals surface area contributed by atoms with Crippen molar-refractivity contribution in [3.63, 3.8) is 0 Å². The maximum atomic E-state index is 13.4. The van der Waals surface area contributed by atoms with Crippen LogP contribution in [0.25, 0.3) is 65.9 Å². The Hall–Kier alpha value is -6.62. The van der Waals surface area contributed by atoms with Crippen LogP contribution in [0.15, 0.2) is 121 Å². The van der Waals surface area contributed by atoms with Crippen LogP contribution in [0.3, 0.4) is 0 Å². The van der Waals surface area contributed by atoms with Gasteiger partial charge in [-0.1, -0.05) is 24.3 Å². The molecule has 56 heavy (non-hydrogen) atoms. The number of aromatic nitrogens is 2. The van der Waals surface area contributed by atoms with Crippen LogP contribution < -0.4 is 67.5 Å². The summed E-state index contributed by atoms with van der Waals surface area (Å²) >= 11 is 0. The predicted molar refractivity (Wildman–Crippen MR) is 218 cm³/mol. The van der Waals surface area contributed by atoms with E-state index in [0.29, 0.717) is 33.9 Å². The Balaban J connectivity index is 0.00000266. The maximum Gasteiger partial charge on any atom is 0.251 e. The SMILES string of the molecule is C[n+]1c(-c2cccc(C(=O)NCCNC(=O)c3cccc(-c4c5cc(N)ccc5c5ccc(N)cc5[n+]4C)c3)c2)c2cc(N)ccc2c2ccc(N)cc21.[Cl-].[Cl-]. The van der Waals surface area contributed by atoms with Gasteiger partial charge in [-0.2, -0.15) is 9.13 Å². The highest BCUT2D eigenvalue weighted by molar-refractivity contribution is 6.11. The lowest BCUT2D eigenvalue weighted by Gasteiger charge is -2.12. The van der Waals surface area contributed by atoms with E-state index in [1.54, 1.807) is 12.1 Å². The standard InChI is InChI=1S/C44H38N8O2.2ClH/c1-51-39-23-31(47)11-15-35(39)33-13-9-29(45)21-37(33)41(51)25-5-3-7-27(19-25)43(53)49-17-18-50-44(54)28-8-4-6-26(20-28)42-38-22-30(46)10-14-34(38)36-16-12-32(48)24-40(36)52(42)2;;/h3-16,19-24,47-48H,17-18,45-46H2,1-2H3,(H2,49,50,53,54);2*1H. The van der Waals surface area contributed by atoms with Gasteiger partial charge in [-0.15, -0.1) is 0 Å². The van der Waals surface area contributed by atoms with Crippen LogP contribution in [0.4, 0.5) is 22.7 Å². The van der Waals surface area contributed by atoms with Crippen LogP contribution in [0.5, 0.6) is 0 Å². The Morgan fingerprint density at radius 2 is 0.821 bits per heavy atom. The number of rotatable bonds is 7. The van der Waals surface area contributed by atoms with Gasteiger partial charge in [-0.25, -0.2) is 0 Å². The van der Waals surface area contributed by atoms with Crippen molar-refractivity contribution in [1.82, 2.24) is 10.6 Å².